The minimum atomic E-state index is -5.53. The van der Waals surface area contributed by atoms with E-state index in [1.165, 1.54) is 0 Å². The van der Waals surface area contributed by atoms with Gasteiger partial charge in [-0.25, -0.2) is 0 Å². The van der Waals surface area contributed by atoms with Gasteiger partial charge in [-0.05, 0) is 62.8 Å². The maximum absolute atomic E-state index is 15.3. The van der Waals surface area contributed by atoms with Crippen LogP contribution >= 0.6 is 22.7 Å². The number of hydrogen-bond acceptors (Lipinski definition) is 4. The fourth-order valence-electron chi connectivity index (χ4n) is 5.80. The highest BCUT2D eigenvalue weighted by molar-refractivity contribution is 7.14. The maximum atomic E-state index is 15.3. The molecule has 5 rings (SSSR count). The number of alkyl halides is 6. The van der Waals surface area contributed by atoms with Crippen molar-refractivity contribution in [2.45, 2.75) is 96.3 Å². The zero-order valence-electron chi connectivity index (χ0n) is 20.0. The molecule has 2 aliphatic carbocycles. The van der Waals surface area contributed by atoms with E-state index in [0.717, 1.165) is 48.4 Å². The first-order valence-electron chi connectivity index (χ1n) is 11.8. The van der Waals surface area contributed by atoms with E-state index in [2.05, 4.69) is 10.6 Å². The highest BCUT2D eigenvalue weighted by Crippen LogP contribution is 2.66. The predicted molar refractivity (Wildman–Crippen MR) is 129 cm³/mol. The molecule has 1 fully saturated rings. The Morgan fingerprint density at radius 3 is 1.40 bits per heavy atom. The van der Waals surface area contributed by atoms with Crippen LogP contribution in [0, 0.1) is 27.7 Å². The van der Waals surface area contributed by atoms with Crippen LogP contribution in [0.1, 0.15) is 67.4 Å². The van der Waals surface area contributed by atoms with Crippen molar-refractivity contribution < 1.29 is 26.3 Å². The van der Waals surface area contributed by atoms with Gasteiger partial charge in [-0.15, -0.1) is 22.7 Å². The molecule has 0 saturated heterocycles. The van der Waals surface area contributed by atoms with Crippen LogP contribution in [0.15, 0.2) is 0 Å². The van der Waals surface area contributed by atoms with Gasteiger partial charge in [0.25, 0.3) is 0 Å². The Morgan fingerprint density at radius 2 is 1.03 bits per heavy atom. The fraction of sp³-hybridized carbons (Fsp3) is 0.600. The summed E-state index contributed by atoms with van der Waals surface area (Å²) in [7, 11) is 0. The van der Waals surface area contributed by atoms with Crippen molar-refractivity contribution in [3.8, 4) is 0 Å². The van der Waals surface area contributed by atoms with Crippen molar-refractivity contribution >= 4 is 33.8 Å². The Kier molecular flexibility index (Phi) is 6.02. The lowest BCUT2D eigenvalue weighted by molar-refractivity contribution is -0.254. The minimum absolute atomic E-state index is 0.168. The van der Waals surface area contributed by atoms with Crippen LogP contribution in [-0.4, -0.2) is 29.9 Å². The molecule has 35 heavy (non-hydrogen) atoms. The number of aryl methyl sites for hydroxylation is 2. The summed E-state index contributed by atoms with van der Waals surface area (Å²) in [4.78, 5) is 0.999. The van der Waals surface area contributed by atoms with Gasteiger partial charge in [0, 0.05) is 44.7 Å². The number of rotatable bonds is 0. The van der Waals surface area contributed by atoms with Gasteiger partial charge in [0.1, 0.15) is 0 Å². The molecule has 1 saturated carbocycles. The SMILES string of the molecule is Cc1sc2c(C)c1CN[C@@H]1CCCC[C@H]1NCc1c(C)sc(c1C)C1=C2C(F)(F)C(F)(F)C1(F)F. The van der Waals surface area contributed by atoms with Crippen LogP contribution in [0.25, 0.3) is 11.1 Å². The van der Waals surface area contributed by atoms with E-state index < -0.39 is 28.9 Å². The Labute approximate surface area is 208 Å². The standard InChI is InChI=1S/C25H28F6N2S2/c1-11-15-9-32-17-7-5-6-8-18(17)33-10-16-12(2)22(35-14(16)4)20-19(21(11)34-13(15)3)23(26,27)25(30,31)24(20,28)29/h17-18,32-33H,5-10H2,1-4H3/t17-,18-/m1/s1. The number of fused-ring (bicyclic) bond motifs is 7. The van der Waals surface area contributed by atoms with E-state index >= 15 is 17.6 Å². The van der Waals surface area contributed by atoms with Gasteiger partial charge in [-0.2, -0.15) is 26.3 Å². The fourth-order valence-corrected chi connectivity index (χ4v) is 8.33. The lowest BCUT2D eigenvalue weighted by Gasteiger charge is -2.33. The second kappa shape index (κ2) is 8.33. The van der Waals surface area contributed by atoms with Gasteiger partial charge >= 0.3 is 17.8 Å². The van der Waals surface area contributed by atoms with Gasteiger partial charge in [-0.3, -0.25) is 0 Å². The molecule has 2 atom stereocenters. The monoisotopic (exact) mass is 534 g/mol. The lowest BCUT2D eigenvalue weighted by Crippen LogP contribution is -2.49. The number of allylic oxidation sites excluding steroid dienone is 2. The van der Waals surface area contributed by atoms with E-state index in [1.807, 2.05) is 0 Å². The predicted octanol–water partition coefficient (Wildman–Crippen LogP) is 7.38. The van der Waals surface area contributed by atoms with E-state index in [1.54, 1.807) is 27.7 Å². The van der Waals surface area contributed by atoms with Crippen molar-refractivity contribution in [1.29, 1.82) is 0 Å². The molecule has 3 aliphatic rings. The van der Waals surface area contributed by atoms with Gasteiger partial charge in [0.2, 0.25) is 0 Å². The van der Waals surface area contributed by atoms with Crippen LogP contribution in [0.5, 0.6) is 0 Å². The maximum Gasteiger partial charge on any atom is 0.380 e. The number of hydrogen-bond donors (Lipinski definition) is 2. The number of halogens is 6. The molecule has 0 amide bonds. The molecule has 0 unspecified atom stereocenters. The zero-order valence-corrected chi connectivity index (χ0v) is 21.6. The highest BCUT2D eigenvalue weighted by atomic mass is 32.1. The Morgan fingerprint density at radius 1 is 0.657 bits per heavy atom. The lowest BCUT2D eigenvalue weighted by atomic mass is 9.89. The molecular weight excluding hydrogens is 506 g/mol. The summed E-state index contributed by atoms with van der Waals surface area (Å²) >= 11 is 1.81. The average molecular weight is 535 g/mol. The topological polar surface area (TPSA) is 24.1 Å². The van der Waals surface area contributed by atoms with E-state index in [0.29, 0.717) is 45.1 Å². The average Bonchev–Trinajstić information content (AvgIpc) is 3.25. The summed E-state index contributed by atoms with van der Waals surface area (Å²) in [5, 5.41) is 7.08. The van der Waals surface area contributed by atoms with Crippen molar-refractivity contribution in [3.05, 3.63) is 41.8 Å². The summed E-state index contributed by atoms with van der Waals surface area (Å²) in [5.74, 6) is -15.5. The summed E-state index contributed by atoms with van der Waals surface area (Å²) in [6.45, 7) is 7.35. The molecule has 0 spiro atoms. The molecule has 0 radical (unpaired) electrons. The van der Waals surface area contributed by atoms with Crippen LogP contribution in [-0.2, 0) is 13.1 Å². The second-order valence-corrected chi connectivity index (χ2v) is 12.4. The van der Waals surface area contributed by atoms with Crippen LogP contribution < -0.4 is 10.6 Å². The first-order chi connectivity index (χ1) is 16.3. The zero-order chi connectivity index (χ0) is 25.5. The third-order valence-electron chi connectivity index (χ3n) is 7.92. The minimum Gasteiger partial charge on any atom is -0.308 e. The van der Waals surface area contributed by atoms with Crippen LogP contribution in [0.3, 0.4) is 0 Å². The van der Waals surface area contributed by atoms with Crippen molar-refractivity contribution in [2.75, 3.05) is 0 Å². The Bertz CT molecular complexity index is 1120. The number of thiophene rings is 2. The van der Waals surface area contributed by atoms with Crippen molar-refractivity contribution in [3.63, 3.8) is 0 Å². The smallest absolute Gasteiger partial charge is 0.308 e. The molecular formula is C25H28F6N2S2. The van der Waals surface area contributed by atoms with Gasteiger partial charge < -0.3 is 10.6 Å². The Hall–Kier alpha value is -1.36. The molecule has 10 heteroatoms. The van der Waals surface area contributed by atoms with Gasteiger partial charge in [0.05, 0.1) is 11.1 Å². The van der Waals surface area contributed by atoms with E-state index in [-0.39, 0.29) is 21.8 Å². The summed E-state index contributed by atoms with van der Waals surface area (Å²) in [6.07, 6.45) is 4.09. The Balaban J connectivity index is 1.81. The van der Waals surface area contributed by atoms with Crippen molar-refractivity contribution in [1.82, 2.24) is 10.6 Å². The highest BCUT2D eigenvalue weighted by Gasteiger charge is 2.80. The molecule has 3 heterocycles. The largest absolute Gasteiger partial charge is 0.380 e. The molecule has 1 aliphatic heterocycles. The molecule has 2 aromatic rings. The first-order valence-corrected chi connectivity index (χ1v) is 13.5. The van der Waals surface area contributed by atoms with Gasteiger partial charge in [-0.1, -0.05) is 12.8 Å². The normalized spacial score (nSPS) is 27.4. The first kappa shape index (κ1) is 25.3. The third kappa shape index (κ3) is 3.49. The third-order valence-corrected chi connectivity index (χ3v) is 10.4. The molecule has 2 nitrogen and oxygen atoms in total. The van der Waals surface area contributed by atoms with Gasteiger partial charge in [0.15, 0.2) is 0 Å². The summed E-state index contributed by atoms with van der Waals surface area (Å²) in [5.41, 5.74) is -0.283. The summed E-state index contributed by atoms with van der Waals surface area (Å²) in [6, 6.07) is 0.341. The molecule has 192 valence electrons. The van der Waals surface area contributed by atoms with E-state index in [4.69, 9.17) is 0 Å². The second-order valence-electron chi connectivity index (χ2n) is 9.91. The van der Waals surface area contributed by atoms with Crippen LogP contribution in [0.2, 0.25) is 0 Å². The molecule has 2 aromatic heterocycles. The summed E-state index contributed by atoms with van der Waals surface area (Å²) < 4.78 is 90.9. The number of nitrogens with one attached hydrogen (secondary N) is 2. The molecule has 4 bridgehead atoms. The van der Waals surface area contributed by atoms with Crippen molar-refractivity contribution in [2.24, 2.45) is 0 Å². The molecule has 2 N–H and O–H groups in total. The van der Waals surface area contributed by atoms with E-state index in [9.17, 15) is 8.78 Å². The van der Waals surface area contributed by atoms with Crippen LogP contribution in [0.4, 0.5) is 26.3 Å². The quantitative estimate of drug-likeness (QED) is 0.345. The molecule has 0 aromatic carbocycles.